The molecule has 0 bridgehead atoms. The van der Waals surface area contributed by atoms with E-state index in [1.165, 1.54) is 11.8 Å². The van der Waals surface area contributed by atoms with Crippen LogP contribution in [0.15, 0.2) is 18.2 Å². The molecular weight excluding hydrogens is 332 g/mol. The number of amides is 2. The van der Waals surface area contributed by atoms with Gasteiger partial charge in [-0.1, -0.05) is 11.8 Å². The zero-order valence-electron chi connectivity index (χ0n) is 12.8. The Bertz CT molecular complexity index is 716. The number of nitrogens with zero attached hydrogens (tertiary/aromatic N) is 1. The van der Waals surface area contributed by atoms with Crippen molar-refractivity contribution >= 4 is 28.7 Å². The summed E-state index contributed by atoms with van der Waals surface area (Å²) in [5.74, 6) is 1.42. The minimum atomic E-state index is -0.374. The molecule has 0 radical (unpaired) electrons. The molecule has 0 saturated carbocycles. The summed E-state index contributed by atoms with van der Waals surface area (Å²) in [5.41, 5.74) is 0.514. The predicted octanol–water partition coefficient (Wildman–Crippen LogP) is 0.636. The monoisotopic (exact) mass is 348 g/mol. The highest BCUT2D eigenvalue weighted by Gasteiger charge is 2.38. The van der Waals surface area contributed by atoms with Crippen molar-refractivity contribution in [3.05, 3.63) is 23.8 Å². The van der Waals surface area contributed by atoms with Gasteiger partial charge in [0.25, 0.3) is 5.91 Å². The molecule has 24 heavy (non-hydrogen) atoms. The Kier molecular flexibility index (Phi) is 3.84. The number of likely N-dealkylation sites (tertiary alicyclic amines) is 1. The van der Waals surface area contributed by atoms with Gasteiger partial charge in [-0.3, -0.25) is 14.4 Å². The number of ether oxygens (including phenoxy) is 2. The van der Waals surface area contributed by atoms with Crippen molar-refractivity contribution in [2.45, 2.75) is 12.5 Å². The molecule has 3 heterocycles. The van der Waals surface area contributed by atoms with Gasteiger partial charge >= 0.3 is 0 Å². The smallest absolute Gasteiger partial charge is 0.254 e. The van der Waals surface area contributed by atoms with Crippen molar-refractivity contribution in [1.29, 1.82) is 0 Å². The Balaban J connectivity index is 1.32. The van der Waals surface area contributed by atoms with Crippen LogP contribution in [0.3, 0.4) is 0 Å². The van der Waals surface area contributed by atoms with E-state index in [2.05, 4.69) is 5.32 Å². The molecule has 126 valence electrons. The molecule has 2 fully saturated rings. The van der Waals surface area contributed by atoms with Crippen molar-refractivity contribution in [2.75, 3.05) is 25.6 Å². The number of carbonyl (C=O) groups excluding carboxylic acids is 3. The summed E-state index contributed by atoms with van der Waals surface area (Å²) in [4.78, 5) is 37.7. The molecule has 3 aliphatic rings. The van der Waals surface area contributed by atoms with Crippen LogP contribution in [0.2, 0.25) is 0 Å². The van der Waals surface area contributed by atoms with Crippen LogP contribution < -0.4 is 14.8 Å². The molecule has 7 nitrogen and oxygen atoms in total. The topological polar surface area (TPSA) is 84.9 Å². The summed E-state index contributed by atoms with van der Waals surface area (Å²) in [6.07, 6.45) is 0.682. The minimum absolute atomic E-state index is 0.0240. The highest BCUT2D eigenvalue weighted by molar-refractivity contribution is 8.14. The number of fused-ring (bicyclic) bond motifs is 1. The van der Waals surface area contributed by atoms with E-state index in [-0.39, 0.29) is 35.7 Å². The van der Waals surface area contributed by atoms with E-state index in [9.17, 15) is 14.4 Å². The van der Waals surface area contributed by atoms with Crippen molar-refractivity contribution in [2.24, 2.45) is 5.92 Å². The van der Waals surface area contributed by atoms with Gasteiger partial charge in [0.15, 0.2) is 11.5 Å². The second-order valence-corrected chi connectivity index (χ2v) is 7.09. The summed E-state index contributed by atoms with van der Waals surface area (Å²) < 4.78 is 10.5. The number of nitrogens with one attached hydrogen (secondary N) is 1. The highest BCUT2D eigenvalue weighted by Crippen LogP contribution is 2.33. The molecule has 2 amide bonds. The van der Waals surface area contributed by atoms with Crippen molar-refractivity contribution in [3.63, 3.8) is 0 Å². The third-order valence-electron chi connectivity index (χ3n) is 4.41. The maximum atomic E-state index is 12.4. The third-order valence-corrected chi connectivity index (χ3v) is 5.42. The molecule has 0 aromatic heterocycles. The second kappa shape index (κ2) is 6.01. The fourth-order valence-corrected chi connectivity index (χ4v) is 3.87. The van der Waals surface area contributed by atoms with Gasteiger partial charge in [0.1, 0.15) is 0 Å². The normalized spacial score (nSPS) is 22.4. The lowest BCUT2D eigenvalue weighted by Crippen LogP contribution is -2.57. The van der Waals surface area contributed by atoms with E-state index in [0.717, 1.165) is 5.75 Å². The van der Waals surface area contributed by atoms with E-state index in [4.69, 9.17) is 9.47 Å². The molecule has 1 aromatic carbocycles. The maximum absolute atomic E-state index is 12.4. The van der Waals surface area contributed by atoms with Gasteiger partial charge in [0.05, 0.1) is 12.0 Å². The van der Waals surface area contributed by atoms with Gasteiger partial charge in [-0.15, -0.1) is 0 Å². The molecule has 2 saturated heterocycles. The lowest BCUT2D eigenvalue weighted by Gasteiger charge is -2.38. The van der Waals surface area contributed by atoms with Crippen molar-refractivity contribution in [1.82, 2.24) is 10.2 Å². The molecule has 0 unspecified atom stereocenters. The first-order valence-electron chi connectivity index (χ1n) is 7.78. The Morgan fingerprint density at radius 2 is 2.00 bits per heavy atom. The average molecular weight is 348 g/mol. The maximum Gasteiger partial charge on any atom is 0.254 e. The molecular formula is C16H16N2O5S. The number of benzene rings is 1. The van der Waals surface area contributed by atoms with Gasteiger partial charge < -0.3 is 19.7 Å². The number of hydrogen-bond donors (Lipinski definition) is 1. The van der Waals surface area contributed by atoms with E-state index < -0.39 is 0 Å². The van der Waals surface area contributed by atoms with Crippen LogP contribution in [0.1, 0.15) is 16.8 Å². The fraction of sp³-hybridized carbons (Fsp3) is 0.438. The molecule has 3 aliphatic heterocycles. The van der Waals surface area contributed by atoms with Crippen LogP contribution in [0.5, 0.6) is 11.5 Å². The highest BCUT2D eigenvalue weighted by atomic mass is 32.2. The van der Waals surface area contributed by atoms with Crippen molar-refractivity contribution in [3.8, 4) is 11.5 Å². The van der Waals surface area contributed by atoms with Crippen molar-refractivity contribution < 1.29 is 23.9 Å². The Hall–Kier alpha value is -2.22. The molecule has 1 atom stereocenters. The lowest BCUT2D eigenvalue weighted by molar-refractivity contribution is -0.131. The second-order valence-electron chi connectivity index (χ2n) is 5.99. The van der Waals surface area contributed by atoms with Crippen LogP contribution in [0.4, 0.5) is 0 Å². The van der Waals surface area contributed by atoms with E-state index >= 15 is 0 Å². The SMILES string of the molecule is O=C(N[C@H]1CCSC1=O)C1CN(C(=O)c2ccc3c(c2)OCO3)C1. The van der Waals surface area contributed by atoms with Crippen LogP contribution in [-0.2, 0) is 9.59 Å². The molecule has 0 aliphatic carbocycles. The Morgan fingerprint density at radius 3 is 2.75 bits per heavy atom. The van der Waals surface area contributed by atoms with E-state index in [1.807, 2.05) is 0 Å². The van der Waals surface area contributed by atoms with Gasteiger partial charge in [-0.05, 0) is 24.6 Å². The summed E-state index contributed by atoms with van der Waals surface area (Å²) >= 11 is 1.26. The third kappa shape index (κ3) is 2.71. The first-order chi connectivity index (χ1) is 11.6. The molecule has 1 aromatic rings. The minimum Gasteiger partial charge on any atom is -0.454 e. The van der Waals surface area contributed by atoms with Gasteiger partial charge in [0, 0.05) is 24.4 Å². The summed E-state index contributed by atoms with van der Waals surface area (Å²) in [6, 6.07) is 4.69. The standard InChI is InChI=1S/C16H16N2O5S/c19-14(17-11-3-4-24-16(11)21)10-6-18(7-10)15(20)9-1-2-12-13(5-9)23-8-22-12/h1-2,5,10-11H,3-4,6-8H2,(H,17,19)/t11-/m0/s1. The summed E-state index contributed by atoms with van der Waals surface area (Å²) in [6.45, 7) is 0.900. The number of thioether (sulfide) groups is 1. The predicted molar refractivity (Wildman–Crippen MR) is 86.0 cm³/mol. The summed E-state index contributed by atoms with van der Waals surface area (Å²) in [7, 11) is 0. The van der Waals surface area contributed by atoms with E-state index in [0.29, 0.717) is 36.6 Å². The van der Waals surface area contributed by atoms with Gasteiger partial charge in [-0.2, -0.15) is 0 Å². The Labute approximate surface area is 142 Å². The number of carbonyl (C=O) groups is 3. The molecule has 0 spiro atoms. The quantitative estimate of drug-likeness (QED) is 0.863. The van der Waals surface area contributed by atoms with Crippen LogP contribution >= 0.6 is 11.8 Å². The van der Waals surface area contributed by atoms with Crippen LogP contribution in [0, 0.1) is 5.92 Å². The average Bonchev–Trinajstić information content (AvgIpc) is 3.14. The molecule has 1 N–H and O–H groups in total. The van der Waals surface area contributed by atoms with Gasteiger partial charge in [0.2, 0.25) is 17.8 Å². The van der Waals surface area contributed by atoms with Crippen LogP contribution in [0.25, 0.3) is 0 Å². The molecule has 8 heteroatoms. The first kappa shape index (κ1) is 15.3. The first-order valence-corrected chi connectivity index (χ1v) is 8.76. The summed E-state index contributed by atoms with van der Waals surface area (Å²) in [5, 5.41) is 2.80. The number of hydrogen-bond acceptors (Lipinski definition) is 6. The lowest BCUT2D eigenvalue weighted by atomic mass is 9.97. The van der Waals surface area contributed by atoms with E-state index in [1.54, 1.807) is 23.1 Å². The van der Waals surface area contributed by atoms with Crippen LogP contribution in [-0.4, -0.2) is 53.5 Å². The molecule has 4 rings (SSSR count). The van der Waals surface area contributed by atoms with Gasteiger partial charge in [-0.25, -0.2) is 0 Å². The zero-order chi connectivity index (χ0) is 16.7. The zero-order valence-corrected chi connectivity index (χ0v) is 13.6. The Morgan fingerprint density at radius 1 is 1.21 bits per heavy atom. The number of rotatable bonds is 3. The largest absolute Gasteiger partial charge is 0.454 e. The fourth-order valence-electron chi connectivity index (χ4n) is 2.94.